The highest BCUT2D eigenvalue weighted by molar-refractivity contribution is 6.05. The van der Waals surface area contributed by atoms with E-state index in [1.807, 2.05) is 31.2 Å². The van der Waals surface area contributed by atoms with Crippen molar-refractivity contribution in [3.63, 3.8) is 0 Å². The van der Waals surface area contributed by atoms with Gasteiger partial charge in [-0.15, -0.1) is 0 Å². The molecule has 5 rings (SSSR count). The molecule has 1 saturated carbocycles. The summed E-state index contributed by atoms with van der Waals surface area (Å²) in [6.07, 6.45) is 3.12. The Morgan fingerprint density at radius 3 is 2.59 bits per heavy atom. The van der Waals surface area contributed by atoms with Crippen molar-refractivity contribution >= 4 is 22.6 Å². The number of hydrogen-bond acceptors (Lipinski definition) is 5. The SMILES string of the molecule is Cc1cccc(Oc2ccc(NC(=O)c3cnc4c(c3)c(=O)[nH]c(=O)n4C3CC3)cc2)c1. The molecule has 0 bridgehead atoms. The standard InChI is InChI=1S/C24H20N4O4/c1-14-3-2-4-19(11-14)32-18-9-5-16(6-10-18)26-22(29)15-12-20-21(25-13-15)28(17-7-8-17)24(31)27-23(20)30/h2-6,9-13,17H,7-8H2,1H3,(H,26,29)(H,27,30,31). The average molecular weight is 428 g/mol. The number of rotatable bonds is 5. The van der Waals surface area contributed by atoms with Crippen molar-refractivity contribution in [2.24, 2.45) is 0 Å². The number of hydrogen-bond donors (Lipinski definition) is 2. The fourth-order valence-corrected chi connectivity index (χ4v) is 3.56. The lowest BCUT2D eigenvalue weighted by atomic mass is 10.2. The van der Waals surface area contributed by atoms with E-state index in [4.69, 9.17) is 4.74 Å². The van der Waals surface area contributed by atoms with Crippen LogP contribution in [0, 0.1) is 6.92 Å². The second kappa shape index (κ2) is 7.81. The molecule has 0 radical (unpaired) electrons. The van der Waals surface area contributed by atoms with Gasteiger partial charge in [-0.3, -0.25) is 19.1 Å². The zero-order valence-corrected chi connectivity index (χ0v) is 17.3. The molecule has 1 fully saturated rings. The van der Waals surface area contributed by atoms with Crippen molar-refractivity contribution in [2.75, 3.05) is 5.32 Å². The number of carbonyl (C=O) groups is 1. The first kappa shape index (κ1) is 19.7. The normalized spacial score (nSPS) is 13.2. The number of aromatic nitrogens is 3. The summed E-state index contributed by atoms with van der Waals surface area (Å²) in [6.45, 7) is 1.99. The van der Waals surface area contributed by atoms with Gasteiger partial charge in [0.05, 0.1) is 10.9 Å². The first-order chi connectivity index (χ1) is 15.5. The van der Waals surface area contributed by atoms with Gasteiger partial charge in [0, 0.05) is 17.9 Å². The van der Waals surface area contributed by atoms with Crippen LogP contribution in [0.4, 0.5) is 5.69 Å². The Hall–Kier alpha value is -4.20. The minimum absolute atomic E-state index is 0.0505. The summed E-state index contributed by atoms with van der Waals surface area (Å²) in [5.41, 5.74) is 1.18. The molecule has 32 heavy (non-hydrogen) atoms. The Bertz CT molecular complexity index is 1450. The number of aryl methyl sites for hydroxylation is 1. The molecule has 0 spiro atoms. The molecular formula is C24H20N4O4. The van der Waals surface area contributed by atoms with Crippen molar-refractivity contribution < 1.29 is 9.53 Å². The molecule has 0 saturated heterocycles. The van der Waals surface area contributed by atoms with Gasteiger partial charge in [-0.1, -0.05) is 12.1 Å². The predicted octanol–water partition coefficient (Wildman–Crippen LogP) is 3.77. The molecule has 8 nitrogen and oxygen atoms in total. The van der Waals surface area contributed by atoms with E-state index in [9.17, 15) is 14.4 Å². The Kier molecular flexibility index (Phi) is 4.82. The van der Waals surface area contributed by atoms with Gasteiger partial charge in [-0.05, 0) is 67.8 Å². The number of ether oxygens (including phenoxy) is 1. The molecule has 2 aromatic carbocycles. The fourth-order valence-electron chi connectivity index (χ4n) is 3.56. The predicted molar refractivity (Wildman–Crippen MR) is 121 cm³/mol. The van der Waals surface area contributed by atoms with Crippen LogP contribution in [0.1, 0.15) is 34.8 Å². The highest BCUT2D eigenvalue weighted by Crippen LogP contribution is 2.34. The topological polar surface area (TPSA) is 106 Å². The summed E-state index contributed by atoms with van der Waals surface area (Å²) in [4.78, 5) is 43.7. The van der Waals surface area contributed by atoms with Gasteiger partial charge in [0.15, 0.2) is 0 Å². The second-order valence-electron chi connectivity index (χ2n) is 7.85. The molecular weight excluding hydrogens is 408 g/mol. The summed E-state index contributed by atoms with van der Waals surface area (Å²) in [5, 5.41) is 3.00. The maximum atomic E-state index is 12.7. The Morgan fingerprint density at radius 2 is 1.88 bits per heavy atom. The number of amides is 1. The number of anilines is 1. The Morgan fingerprint density at radius 1 is 1.09 bits per heavy atom. The molecule has 2 N–H and O–H groups in total. The number of carbonyl (C=O) groups excluding carboxylic acids is 1. The van der Waals surface area contributed by atoms with Crippen LogP contribution in [0.3, 0.4) is 0 Å². The molecule has 8 heteroatoms. The van der Waals surface area contributed by atoms with E-state index in [1.54, 1.807) is 24.3 Å². The third-order valence-corrected chi connectivity index (χ3v) is 5.29. The van der Waals surface area contributed by atoms with E-state index < -0.39 is 17.2 Å². The van der Waals surface area contributed by atoms with Crippen LogP contribution in [-0.4, -0.2) is 20.4 Å². The van der Waals surface area contributed by atoms with Crippen molar-refractivity contribution in [2.45, 2.75) is 25.8 Å². The first-order valence-electron chi connectivity index (χ1n) is 10.3. The largest absolute Gasteiger partial charge is 0.457 e. The van der Waals surface area contributed by atoms with Crippen LogP contribution in [0.2, 0.25) is 0 Å². The zero-order valence-electron chi connectivity index (χ0n) is 17.3. The number of nitrogens with one attached hydrogen (secondary N) is 2. The van der Waals surface area contributed by atoms with Gasteiger partial charge >= 0.3 is 5.69 Å². The van der Waals surface area contributed by atoms with Gasteiger partial charge in [-0.25, -0.2) is 9.78 Å². The molecule has 2 heterocycles. The monoisotopic (exact) mass is 428 g/mol. The van der Waals surface area contributed by atoms with Gasteiger partial charge < -0.3 is 10.1 Å². The van der Waals surface area contributed by atoms with Crippen LogP contribution in [0.5, 0.6) is 11.5 Å². The van der Waals surface area contributed by atoms with Gasteiger partial charge in [0.1, 0.15) is 17.1 Å². The van der Waals surface area contributed by atoms with E-state index in [0.717, 1.165) is 24.2 Å². The maximum absolute atomic E-state index is 12.7. The van der Waals surface area contributed by atoms with Crippen LogP contribution < -0.4 is 21.3 Å². The number of fused-ring (bicyclic) bond motifs is 1. The highest BCUT2D eigenvalue weighted by atomic mass is 16.5. The minimum atomic E-state index is -0.554. The van der Waals surface area contributed by atoms with Crippen molar-refractivity contribution in [1.82, 2.24) is 14.5 Å². The van der Waals surface area contributed by atoms with Crippen molar-refractivity contribution in [3.8, 4) is 11.5 Å². The molecule has 0 unspecified atom stereocenters. The number of H-pyrrole nitrogens is 1. The molecule has 0 atom stereocenters. The summed E-state index contributed by atoms with van der Waals surface area (Å²) in [6, 6.07) is 16.2. The van der Waals surface area contributed by atoms with E-state index >= 15 is 0 Å². The first-order valence-corrected chi connectivity index (χ1v) is 10.3. The van der Waals surface area contributed by atoms with Gasteiger partial charge in [0.2, 0.25) is 0 Å². The van der Waals surface area contributed by atoms with E-state index in [-0.39, 0.29) is 17.0 Å². The second-order valence-corrected chi connectivity index (χ2v) is 7.85. The lowest BCUT2D eigenvalue weighted by Crippen LogP contribution is -2.30. The zero-order chi connectivity index (χ0) is 22.2. The number of benzene rings is 2. The van der Waals surface area contributed by atoms with Crippen molar-refractivity contribution in [3.05, 3.63) is 92.8 Å². The molecule has 160 valence electrons. The van der Waals surface area contributed by atoms with Crippen LogP contribution >= 0.6 is 0 Å². The van der Waals surface area contributed by atoms with E-state index in [1.165, 1.54) is 16.8 Å². The maximum Gasteiger partial charge on any atom is 0.330 e. The molecule has 1 amide bonds. The quantitative estimate of drug-likeness (QED) is 0.503. The summed E-state index contributed by atoms with van der Waals surface area (Å²) in [7, 11) is 0. The van der Waals surface area contributed by atoms with Gasteiger partial charge in [0.25, 0.3) is 11.5 Å². The Labute approximate surface area is 182 Å². The molecule has 1 aliphatic carbocycles. The third-order valence-electron chi connectivity index (χ3n) is 5.29. The number of pyridine rings is 1. The van der Waals surface area contributed by atoms with Crippen molar-refractivity contribution in [1.29, 1.82) is 0 Å². The number of aromatic amines is 1. The summed E-state index contributed by atoms with van der Waals surface area (Å²) in [5.74, 6) is 0.972. The molecule has 2 aromatic heterocycles. The molecule has 4 aromatic rings. The smallest absolute Gasteiger partial charge is 0.330 e. The molecule has 1 aliphatic rings. The van der Waals surface area contributed by atoms with E-state index in [2.05, 4.69) is 15.3 Å². The minimum Gasteiger partial charge on any atom is -0.457 e. The summed E-state index contributed by atoms with van der Waals surface area (Å²) < 4.78 is 7.31. The summed E-state index contributed by atoms with van der Waals surface area (Å²) >= 11 is 0. The Balaban J connectivity index is 1.35. The highest BCUT2D eigenvalue weighted by Gasteiger charge is 2.27. The lowest BCUT2D eigenvalue weighted by molar-refractivity contribution is 0.102. The van der Waals surface area contributed by atoms with E-state index in [0.29, 0.717) is 17.1 Å². The van der Waals surface area contributed by atoms with Gasteiger partial charge in [-0.2, -0.15) is 0 Å². The molecule has 0 aliphatic heterocycles. The van der Waals surface area contributed by atoms with Crippen LogP contribution in [0.25, 0.3) is 11.0 Å². The average Bonchev–Trinajstić information content (AvgIpc) is 3.60. The fraction of sp³-hybridized carbons (Fsp3) is 0.167. The lowest BCUT2D eigenvalue weighted by Gasteiger charge is -2.10. The third kappa shape index (κ3) is 3.90. The van der Waals surface area contributed by atoms with Crippen LogP contribution in [0.15, 0.2) is 70.4 Å². The van der Waals surface area contributed by atoms with Crippen LogP contribution in [-0.2, 0) is 0 Å². The number of nitrogens with zero attached hydrogens (tertiary/aromatic N) is 2.